The maximum atomic E-state index is 12.9. The number of carbonyl (C=O) groups is 1. The van der Waals surface area contributed by atoms with Crippen LogP contribution in [0.5, 0.6) is 0 Å². The first-order valence-corrected chi connectivity index (χ1v) is 8.20. The lowest BCUT2D eigenvalue weighted by Crippen LogP contribution is -2.28. The van der Waals surface area contributed by atoms with Crippen LogP contribution in [0.25, 0.3) is 10.2 Å². The zero-order valence-corrected chi connectivity index (χ0v) is 14.2. The molecule has 6 heteroatoms. The Morgan fingerprint density at radius 1 is 1.35 bits per heavy atom. The van der Waals surface area contributed by atoms with E-state index in [9.17, 15) is 9.18 Å². The number of amides is 1. The van der Waals surface area contributed by atoms with E-state index in [-0.39, 0.29) is 11.7 Å². The first-order valence-electron chi connectivity index (χ1n) is 7.39. The third-order valence-corrected chi connectivity index (χ3v) is 5.09. The van der Waals surface area contributed by atoms with E-state index in [0.29, 0.717) is 13.0 Å². The molecule has 0 unspecified atom stereocenters. The average Bonchev–Trinajstić information content (AvgIpc) is 3.08. The van der Waals surface area contributed by atoms with Gasteiger partial charge in [0.05, 0.1) is 10.6 Å². The van der Waals surface area contributed by atoms with Crippen molar-refractivity contribution < 1.29 is 9.18 Å². The molecule has 0 N–H and O–H groups in total. The fourth-order valence-electron chi connectivity index (χ4n) is 2.55. The third kappa shape index (κ3) is 3.12. The van der Waals surface area contributed by atoms with Crippen LogP contribution >= 0.6 is 11.3 Å². The summed E-state index contributed by atoms with van der Waals surface area (Å²) in [6.45, 7) is 2.54. The third-order valence-electron chi connectivity index (χ3n) is 3.90. The van der Waals surface area contributed by atoms with E-state index in [1.165, 1.54) is 23.5 Å². The van der Waals surface area contributed by atoms with Gasteiger partial charge in [-0.25, -0.2) is 4.39 Å². The second kappa shape index (κ2) is 6.12. The van der Waals surface area contributed by atoms with Crippen LogP contribution in [0.3, 0.4) is 0 Å². The zero-order valence-electron chi connectivity index (χ0n) is 13.3. The van der Waals surface area contributed by atoms with Crippen LogP contribution in [0.1, 0.15) is 20.9 Å². The summed E-state index contributed by atoms with van der Waals surface area (Å²) in [7, 11) is 3.68. The molecular formula is C17H18FN3OS. The lowest BCUT2D eigenvalue weighted by atomic mass is 10.1. The number of benzene rings is 1. The first-order chi connectivity index (χ1) is 11.0. The maximum absolute atomic E-state index is 12.9. The Morgan fingerprint density at radius 3 is 2.70 bits per heavy atom. The van der Waals surface area contributed by atoms with Gasteiger partial charge in [-0.3, -0.25) is 9.48 Å². The molecule has 0 radical (unpaired) electrons. The summed E-state index contributed by atoms with van der Waals surface area (Å²) in [6, 6.07) is 8.31. The maximum Gasteiger partial charge on any atom is 0.263 e. The smallest absolute Gasteiger partial charge is 0.263 e. The number of hydrogen-bond donors (Lipinski definition) is 0. The summed E-state index contributed by atoms with van der Waals surface area (Å²) < 4.78 is 14.7. The normalized spacial score (nSPS) is 11.1. The molecule has 23 heavy (non-hydrogen) atoms. The Labute approximate surface area is 138 Å². The highest BCUT2D eigenvalue weighted by atomic mass is 32.1. The van der Waals surface area contributed by atoms with Crippen molar-refractivity contribution >= 4 is 27.5 Å². The van der Waals surface area contributed by atoms with Gasteiger partial charge in [0, 0.05) is 26.0 Å². The van der Waals surface area contributed by atoms with Crippen molar-refractivity contribution in [3.8, 4) is 0 Å². The van der Waals surface area contributed by atoms with Crippen molar-refractivity contribution in [2.75, 3.05) is 13.6 Å². The number of aryl methyl sites for hydroxylation is 2. The number of aromatic nitrogens is 2. The number of rotatable bonds is 4. The van der Waals surface area contributed by atoms with Crippen molar-refractivity contribution in [3.63, 3.8) is 0 Å². The number of nitrogens with zero attached hydrogens (tertiary/aromatic N) is 3. The molecule has 0 aliphatic heterocycles. The fraction of sp³-hybridized carbons (Fsp3) is 0.294. The molecule has 0 aliphatic rings. The van der Waals surface area contributed by atoms with Crippen LogP contribution in [0, 0.1) is 12.7 Å². The molecule has 0 aliphatic carbocycles. The number of likely N-dealkylation sites (N-methyl/N-ethyl adjacent to an activating group) is 1. The molecule has 2 heterocycles. The number of halogens is 1. The van der Waals surface area contributed by atoms with Gasteiger partial charge < -0.3 is 4.90 Å². The lowest BCUT2D eigenvalue weighted by Gasteiger charge is -2.16. The summed E-state index contributed by atoms with van der Waals surface area (Å²) in [6.07, 6.45) is 0.702. The van der Waals surface area contributed by atoms with E-state index >= 15 is 0 Å². The van der Waals surface area contributed by atoms with Crippen LogP contribution in [-0.2, 0) is 13.5 Å². The molecule has 0 fully saturated rings. The topological polar surface area (TPSA) is 38.1 Å². The number of fused-ring (bicyclic) bond motifs is 1. The standard InChI is InChI=1S/C17H18FN3OS/c1-11-14-10-15(23-17(14)21(3)19-11)16(22)20(2)9-8-12-4-6-13(18)7-5-12/h4-7,10H,8-9H2,1-3H3. The first kappa shape index (κ1) is 15.7. The molecule has 3 rings (SSSR count). The molecule has 120 valence electrons. The molecule has 1 amide bonds. The largest absolute Gasteiger partial charge is 0.341 e. The van der Waals surface area contributed by atoms with Gasteiger partial charge in [-0.05, 0) is 37.1 Å². The highest BCUT2D eigenvalue weighted by Crippen LogP contribution is 2.28. The van der Waals surface area contributed by atoms with E-state index in [0.717, 1.165) is 26.4 Å². The van der Waals surface area contributed by atoms with Crippen molar-refractivity contribution in [1.82, 2.24) is 14.7 Å². The SMILES string of the molecule is Cc1nn(C)c2sc(C(=O)N(C)CCc3ccc(F)cc3)cc12. The molecule has 3 aromatic rings. The van der Waals surface area contributed by atoms with Crippen LogP contribution in [0.4, 0.5) is 4.39 Å². The Kier molecular flexibility index (Phi) is 4.17. The summed E-state index contributed by atoms with van der Waals surface area (Å²) in [5.41, 5.74) is 1.95. The van der Waals surface area contributed by atoms with E-state index in [1.807, 2.05) is 24.7 Å². The van der Waals surface area contributed by atoms with Crippen molar-refractivity contribution in [3.05, 3.63) is 52.3 Å². The van der Waals surface area contributed by atoms with Gasteiger partial charge in [0.15, 0.2) is 0 Å². The second-order valence-electron chi connectivity index (χ2n) is 5.64. The molecule has 0 saturated carbocycles. The summed E-state index contributed by atoms with van der Waals surface area (Å²) >= 11 is 1.46. The lowest BCUT2D eigenvalue weighted by molar-refractivity contribution is 0.0801. The Bertz CT molecular complexity index is 816. The number of carbonyl (C=O) groups excluding carboxylic acids is 1. The number of thiophene rings is 1. The molecule has 0 atom stereocenters. The molecule has 4 nitrogen and oxygen atoms in total. The van der Waals surface area contributed by atoms with Crippen molar-refractivity contribution in [2.45, 2.75) is 13.3 Å². The molecule has 2 aromatic heterocycles. The molecular weight excluding hydrogens is 313 g/mol. The highest BCUT2D eigenvalue weighted by molar-refractivity contribution is 7.20. The zero-order chi connectivity index (χ0) is 16.6. The monoisotopic (exact) mass is 331 g/mol. The average molecular weight is 331 g/mol. The molecule has 0 spiro atoms. The predicted molar refractivity (Wildman–Crippen MR) is 90.4 cm³/mol. The summed E-state index contributed by atoms with van der Waals surface area (Å²) in [5, 5.41) is 5.39. The van der Waals surface area contributed by atoms with E-state index in [4.69, 9.17) is 0 Å². The molecule has 0 bridgehead atoms. The molecule has 0 saturated heterocycles. The highest BCUT2D eigenvalue weighted by Gasteiger charge is 2.18. The minimum Gasteiger partial charge on any atom is -0.341 e. The Hall–Kier alpha value is -2.21. The van der Waals surface area contributed by atoms with Crippen LogP contribution in [0.2, 0.25) is 0 Å². The quantitative estimate of drug-likeness (QED) is 0.735. The van der Waals surface area contributed by atoms with Crippen molar-refractivity contribution in [2.24, 2.45) is 7.05 Å². The minimum absolute atomic E-state index is 0.00714. The van der Waals surface area contributed by atoms with Gasteiger partial charge in [0.25, 0.3) is 5.91 Å². The fourth-order valence-corrected chi connectivity index (χ4v) is 3.67. The summed E-state index contributed by atoms with van der Waals surface area (Å²) in [5.74, 6) is -0.236. The van der Waals surface area contributed by atoms with E-state index in [2.05, 4.69) is 5.10 Å². The van der Waals surface area contributed by atoms with Gasteiger partial charge in [-0.1, -0.05) is 12.1 Å². The van der Waals surface area contributed by atoms with Gasteiger partial charge >= 0.3 is 0 Å². The van der Waals surface area contributed by atoms with E-state index < -0.39 is 0 Å². The van der Waals surface area contributed by atoms with Crippen LogP contribution < -0.4 is 0 Å². The second-order valence-corrected chi connectivity index (χ2v) is 6.67. The van der Waals surface area contributed by atoms with Gasteiger partial charge in [-0.2, -0.15) is 5.10 Å². The summed E-state index contributed by atoms with van der Waals surface area (Å²) in [4.78, 5) is 16.0. The predicted octanol–water partition coefficient (Wildman–Crippen LogP) is 3.40. The van der Waals surface area contributed by atoms with Gasteiger partial charge in [0.1, 0.15) is 10.6 Å². The van der Waals surface area contributed by atoms with Gasteiger partial charge in [-0.15, -0.1) is 11.3 Å². The minimum atomic E-state index is -0.243. The van der Waals surface area contributed by atoms with Crippen LogP contribution in [0.15, 0.2) is 30.3 Å². The van der Waals surface area contributed by atoms with Gasteiger partial charge in [0.2, 0.25) is 0 Å². The number of hydrogen-bond acceptors (Lipinski definition) is 3. The Balaban J connectivity index is 1.70. The Morgan fingerprint density at radius 2 is 2.04 bits per heavy atom. The van der Waals surface area contributed by atoms with E-state index in [1.54, 1.807) is 24.1 Å². The molecule has 1 aromatic carbocycles. The van der Waals surface area contributed by atoms with Crippen LogP contribution in [-0.4, -0.2) is 34.2 Å². The van der Waals surface area contributed by atoms with Crippen molar-refractivity contribution in [1.29, 1.82) is 0 Å².